The average Bonchev–Trinajstić information content (AvgIpc) is 2.60. The highest BCUT2D eigenvalue weighted by molar-refractivity contribution is 9.10. The summed E-state index contributed by atoms with van der Waals surface area (Å²) in [4.78, 5) is 0. The van der Waals surface area contributed by atoms with Gasteiger partial charge in [0.1, 0.15) is 0 Å². The number of hydrogen-bond donors (Lipinski definition) is 0. The van der Waals surface area contributed by atoms with Gasteiger partial charge in [-0.05, 0) is 54.7 Å². The molecule has 0 amide bonds. The molecule has 24 heavy (non-hydrogen) atoms. The summed E-state index contributed by atoms with van der Waals surface area (Å²) in [5.74, 6) is 0. The first-order valence-corrected chi connectivity index (χ1v) is 9.27. The molecule has 0 nitrogen and oxygen atoms in total. The molecular weight excluding hydrogens is 356 g/mol. The Hall–Kier alpha value is -1.86. The molecule has 0 fully saturated rings. The van der Waals surface area contributed by atoms with Crippen LogP contribution in [-0.2, 0) is 6.42 Å². The van der Waals surface area contributed by atoms with Gasteiger partial charge in [-0.1, -0.05) is 95.5 Å². The van der Waals surface area contributed by atoms with E-state index in [1.54, 1.807) is 0 Å². The highest BCUT2D eigenvalue weighted by Gasteiger charge is 2.05. The molecule has 3 rings (SSSR count). The molecule has 0 saturated carbocycles. The van der Waals surface area contributed by atoms with Crippen molar-refractivity contribution in [2.45, 2.75) is 33.6 Å². The Morgan fingerprint density at radius 1 is 0.708 bits per heavy atom. The van der Waals surface area contributed by atoms with Gasteiger partial charge in [0.15, 0.2) is 0 Å². The molecule has 0 aliphatic rings. The van der Waals surface area contributed by atoms with Crippen LogP contribution in [0.15, 0.2) is 77.3 Å². The fourth-order valence-electron chi connectivity index (χ4n) is 2.68. The molecule has 0 N–H and O–H groups in total. The number of aryl methyl sites for hydroxylation is 3. The van der Waals surface area contributed by atoms with Crippen molar-refractivity contribution in [3.8, 4) is 11.1 Å². The Bertz CT molecular complexity index is 736. The van der Waals surface area contributed by atoms with Gasteiger partial charge in [0.2, 0.25) is 0 Å². The minimum atomic E-state index is 1.14. The molecule has 0 aliphatic heterocycles. The van der Waals surface area contributed by atoms with E-state index in [0.717, 1.165) is 10.9 Å². The van der Waals surface area contributed by atoms with Crippen molar-refractivity contribution in [1.82, 2.24) is 0 Å². The third kappa shape index (κ3) is 5.35. The fraction of sp³-hybridized carbons (Fsp3) is 0.217. The predicted octanol–water partition coefficient (Wildman–Crippen LogP) is 7.37. The first-order chi connectivity index (χ1) is 11.6. The van der Waals surface area contributed by atoms with Gasteiger partial charge in [-0.15, -0.1) is 0 Å². The summed E-state index contributed by atoms with van der Waals surface area (Å²) in [5.41, 5.74) is 6.87. The van der Waals surface area contributed by atoms with Crippen LogP contribution in [0.25, 0.3) is 11.1 Å². The highest BCUT2D eigenvalue weighted by atomic mass is 79.9. The third-order valence-electron chi connectivity index (χ3n) is 3.98. The maximum Gasteiger partial charge on any atom is 0.0175 e. The molecule has 0 bridgehead atoms. The number of rotatable bonds is 3. The number of halogens is 1. The van der Waals surface area contributed by atoms with E-state index >= 15 is 0 Å². The maximum atomic E-state index is 3.35. The fourth-order valence-corrected chi connectivity index (χ4v) is 2.94. The van der Waals surface area contributed by atoms with Gasteiger partial charge in [0.05, 0.1) is 0 Å². The summed E-state index contributed by atoms with van der Waals surface area (Å²) in [5, 5.41) is 0. The molecule has 3 aromatic carbocycles. The van der Waals surface area contributed by atoms with E-state index in [1.165, 1.54) is 34.2 Å². The Balaban J connectivity index is 0.000000219. The molecule has 0 spiro atoms. The lowest BCUT2D eigenvalue weighted by molar-refractivity contribution is 0.923. The largest absolute Gasteiger partial charge is 0.0651 e. The Morgan fingerprint density at radius 2 is 1.29 bits per heavy atom. The summed E-state index contributed by atoms with van der Waals surface area (Å²) >= 11 is 3.35. The highest BCUT2D eigenvalue weighted by Crippen LogP contribution is 2.27. The van der Waals surface area contributed by atoms with Gasteiger partial charge < -0.3 is 0 Å². The summed E-state index contributed by atoms with van der Waals surface area (Å²) in [7, 11) is 0. The van der Waals surface area contributed by atoms with E-state index in [0.29, 0.717) is 0 Å². The second-order valence-electron chi connectivity index (χ2n) is 6.02. The van der Waals surface area contributed by atoms with Crippen LogP contribution in [0.3, 0.4) is 0 Å². The topological polar surface area (TPSA) is 0 Å². The lowest BCUT2D eigenvalue weighted by atomic mass is 9.94. The van der Waals surface area contributed by atoms with Crippen LogP contribution in [0.4, 0.5) is 0 Å². The molecule has 0 aliphatic carbocycles. The standard InChI is InChI=1S/C16H18.C7H7Br/c1-3-8-14-10-5-7-12-16(14)15-11-6-4-9-13(15)2;1-6-2-4-7(8)5-3-6/h4-7,9-12H,3,8H2,1-2H3;2-5H,1H3. The zero-order valence-electron chi connectivity index (χ0n) is 14.7. The van der Waals surface area contributed by atoms with Gasteiger partial charge in [-0.25, -0.2) is 0 Å². The van der Waals surface area contributed by atoms with Crippen LogP contribution in [0.5, 0.6) is 0 Å². The van der Waals surface area contributed by atoms with Gasteiger partial charge >= 0.3 is 0 Å². The predicted molar refractivity (Wildman–Crippen MR) is 109 cm³/mol. The molecule has 3 aromatic rings. The van der Waals surface area contributed by atoms with Crippen molar-refractivity contribution >= 4 is 15.9 Å². The normalized spacial score (nSPS) is 10.0. The van der Waals surface area contributed by atoms with Crippen molar-refractivity contribution in [2.24, 2.45) is 0 Å². The van der Waals surface area contributed by atoms with E-state index in [4.69, 9.17) is 0 Å². The van der Waals surface area contributed by atoms with Crippen molar-refractivity contribution in [3.63, 3.8) is 0 Å². The van der Waals surface area contributed by atoms with Crippen LogP contribution in [0.2, 0.25) is 0 Å². The van der Waals surface area contributed by atoms with Gasteiger partial charge in [-0.2, -0.15) is 0 Å². The van der Waals surface area contributed by atoms with Gasteiger partial charge in [0.25, 0.3) is 0 Å². The molecule has 124 valence electrons. The summed E-state index contributed by atoms with van der Waals surface area (Å²) in [6.07, 6.45) is 2.35. The summed E-state index contributed by atoms with van der Waals surface area (Å²) < 4.78 is 1.14. The molecule has 0 aromatic heterocycles. The zero-order chi connectivity index (χ0) is 17.4. The SMILES string of the molecule is CCCc1ccccc1-c1ccccc1C.Cc1ccc(Br)cc1. The Kier molecular flexibility index (Phi) is 7.27. The Morgan fingerprint density at radius 3 is 1.88 bits per heavy atom. The van der Waals surface area contributed by atoms with Crippen LogP contribution in [0, 0.1) is 13.8 Å². The van der Waals surface area contributed by atoms with Crippen molar-refractivity contribution < 1.29 is 0 Å². The monoisotopic (exact) mass is 380 g/mol. The summed E-state index contributed by atoms with van der Waals surface area (Å²) in [6, 6.07) is 25.6. The molecular formula is C23H25Br. The first kappa shape index (κ1) is 18.5. The van der Waals surface area contributed by atoms with Crippen molar-refractivity contribution in [3.05, 3.63) is 94.0 Å². The second kappa shape index (κ2) is 9.44. The lowest BCUT2D eigenvalue weighted by Gasteiger charge is -2.11. The minimum absolute atomic E-state index is 1.14. The minimum Gasteiger partial charge on any atom is -0.0651 e. The van der Waals surface area contributed by atoms with Crippen LogP contribution < -0.4 is 0 Å². The first-order valence-electron chi connectivity index (χ1n) is 8.48. The average molecular weight is 381 g/mol. The number of benzene rings is 3. The quantitative estimate of drug-likeness (QED) is 0.444. The van der Waals surface area contributed by atoms with E-state index in [9.17, 15) is 0 Å². The van der Waals surface area contributed by atoms with Crippen molar-refractivity contribution in [2.75, 3.05) is 0 Å². The zero-order valence-corrected chi connectivity index (χ0v) is 16.3. The molecule has 0 atom stereocenters. The van der Waals surface area contributed by atoms with E-state index in [-0.39, 0.29) is 0 Å². The van der Waals surface area contributed by atoms with Crippen LogP contribution in [-0.4, -0.2) is 0 Å². The third-order valence-corrected chi connectivity index (χ3v) is 4.51. The van der Waals surface area contributed by atoms with E-state index in [2.05, 4.69) is 97.4 Å². The lowest BCUT2D eigenvalue weighted by Crippen LogP contribution is -1.90. The summed E-state index contributed by atoms with van der Waals surface area (Å²) in [6.45, 7) is 6.49. The molecule has 0 unspecified atom stereocenters. The maximum absolute atomic E-state index is 3.35. The van der Waals surface area contributed by atoms with Crippen LogP contribution in [0.1, 0.15) is 30.0 Å². The van der Waals surface area contributed by atoms with Gasteiger partial charge in [-0.3, -0.25) is 0 Å². The van der Waals surface area contributed by atoms with Gasteiger partial charge in [0, 0.05) is 4.47 Å². The van der Waals surface area contributed by atoms with E-state index < -0.39 is 0 Å². The smallest absolute Gasteiger partial charge is 0.0175 e. The number of hydrogen-bond acceptors (Lipinski definition) is 0. The van der Waals surface area contributed by atoms with Crippen molar-refractivity contribution in [1.29, 1.82) is 0 Å². The van der Waals surface area contributed by atoms with E-state index in [1.807, 2.05) is 12.1 Å². The van der Waals surface area contributed by atoms with Crippen LogP contribution >= 0.6 is 15.9 Å². The molecule has 0 saturated heterocycles. The second-order valence-corrected chi connectivity index (χ2v) is 6.93. The Labute approximate surface area is 154 Å². The molecule has 0 radical (unpaired) electrons. The molecule has 0 heterocycles. The molecule has 1 heteroatoms.